The predicted octanol–water partition coefficient (Wildman–Crippen LogP) is 0.231. The van der Waals surface area contributed by atoms with E-state index in [9.17, 15) is 18.3 Å². The van der Waals surface area contributed by atoms with E-state index in [1.54, 1.807) is 0 Å². The van der Waals surface area contributed by atoms with E-state index < -0.39 is 26.6 Å². The molecular weight excluding hydrogens is 254 g/mol. The van der Waals surface area contributed by atoms with Crippen LogP contribution in [0.4, 0.5) is 0 Å². The fourth-order valence-corrected chi connectivity index (χ4v) is 4.27. The third kappa shape index (κ3) is 2.85. The SMILES string of the molecule is CC(O)(C(=O)NCC1CCCCS1(=O)=O)C1CC1. The number of hydrogen-bond donors (Lipinski definition) is 2. The Labute approximate surface area is 108 Å². The summed E-state index contributed by atoms with van der Waals surface area (Å²) in [4.78, 5) is 11.8. The van der Waals surface area contributed by atoms with Crippen molar-refractivity contribution >= 4 is 15.7 Å². The number of rotatable bonds is 4. The van der Waals surface area contributed by atoms with Gasteiger partial charge in [-0.2, -0.15) is 0 Å². The normalized spacial score (nSPS) is 30.4. The Hall–Kier alpha value is -0.620. The molecule has 0 radical (unpaired) electrons. The number of carbonyl (C=O) groups is 1. The van der Waals surface area contributed by atoms with Gasteiger partial charge in [0.05, 0.1) is 11.0 Å². The van der Waals surface area contributed by atoms with Gasteiger partial charge in [0, 0.05) is 6.54 Å². The van der Waals surface area contributed by atoms with Crippen LogP contribution in [0.5, 0.6) is 0 Å². The first-order valence-corrected chi connectivity index (χ1v) is 8.28. The summed E-state index contributed by atoms with van der Waals surface area (Å²) in [7, 11) is -3.07. The Morgan fingerprint density at radius 3 is 2.56 bits per heavy atom. The summed E-state index contributed by atoms with van der Waals surface area (Å²) in [5, 5.41) is 12.1. The van der Waals surface area contributed by atoms with Crippen LogP contribution in [0, 0.1) is 5.92 Å². The van der Waals surface area contributed by atoms with Gasteiger partial charge in [-0.3, -0.25) is 4.79 Å². The van der Waals surface area contributed by atoms with Crippen LogP contribution in [0.25, 0.3) is 0 Å². The number of sulfone groups is 1. The van der Waals surface area contributed by atoms with Crippen molar-refractivity contribution in [2.24, 2.45) is 5.92 Å². The quantitative estimate of drug-likeness (QED) is 0.769. The van der Waals surface area contributed by atoms with E-state index in [-0.39, 0.29) is 18.2 Å². The highest BCUT2D eigenvalue weighted by Gasteiger charge is 2.45. The molecule has 104 valence electrons. The second-order valence-electron chi connectivity index (χ2n) is 5.62. The number of aliphatic hydroxyl groups is 1. The third-order valence-corrected chi connectivity index (χ3v) is 6.31. The first-order valence-electron chi connectivity index (χ1n) is 6.56. The van der Waals surface area contributed by atoms with Gasteiger partial charge < -0.3 is 10.4 Å². The number of hydrogen-bond acceptors (Lipinski definition) is 4. The summed E-state index contributed by atoms with van der Waals surface area (Å²) in [5.41, 5.74) is -1.35. The van der Waals surface area contributed by atoms with Crippen molar-refractivity contribution in [3.8, 4) is 0 Å². The molecule has 2 unspecified atom stereocenters. The lowest BCUT2D eigenvalue weighted by Crippen LogP contribution is -2.49. The lowest BCUT2D eigenvalue weighted by atomic mass is 9.99. The van der Waals surface area contributed by atoms with E-state index in [0.717, 1.165) is 19.3 Å². The van der Waals surface area contributed by atoms with E-state index in [4.69, 9.17) is 0 Å². The summed E-state index contributed by atoms with van der Waals surface area (Å²) in [6, 6.07) is 0. The van der Waals surface area contributed by atoms with Crippen LogP contribution >= 0.6 is 0 Å². The summed E-state index contributed by atoms with van der Waals surface area (Å²) in [5.74, 6) is -0.196. The average Bonchev–Trinajstić information content (AvgIpc) is 3.10. The molecule has 1 amide bonds. The van der Waals surface area contributed by atoms with Gasteiger partial charge in [-0.05, 0) is 38.5 Å². The molecule has 5 nitrogen and oxygen atoms in total. The Balaban J connectivity index is 1.89. The Morgan fingerprint density at radius 2 is 2.00 bits per heavy atom. The molecule has 0 spiro atoms. The van der Waals surface area contributed by atoms with Crippen molar-refractivity contribution in [3.63, 3.8) is 0 Å². The fourth-order valence-electron chi connectivity index (χ4n) is 2.47. The molecule has 2 atom stereocenters. The Kier molecular flexibility index (Phi) is 3.69. The molecule has 0 bridgehead atoms. The summed E-state index contributed by atoms with van der Waals surface area (Å²) >= 11 is 0. The molecule has 1 aliphatic carbocycles. The molecule has 2 rings (SSSR count). The zero-order valence-electron chi connectivity index (χ0n) is 10.7. The maximum atomic E-state index is 11.8. The number of carbonyl (C=O) groups excluding carboxylic acids is 1. The fraction of sp³-hybridized carbons (Fsp3) is 0.917. The first kappa shape index (κ1) is 13.8. The molecule has 1 aliphatic heterocycles. The monoisotopic (exact) mass is 275 g/mol. The highest BCUT2D eigenvalue weighted by molar-refractivity contribution is 7.92. The molecule has 6 heteroatoms. The Morgan fingerprint density at radius 1 is 1.33 bits per heavy atom. The van der Waals surface area contributed by atoms with Gasteiger partial charge in [-0.25, -0.2) is 8.42 Å². The van der Waals surface area contributed by atoms with Crippen molar-refractivity contribution < 1.29 is 18.3 Å². The van der Waals surface area contributed by atoms with E-state index in [1.165, 1.54) is 6.92 Å². The van der Waals surface area contributed by atoms with Crippen LogP contribution in [-0.2, 0) is 14.6 Å². The minimum Gasteiger partial charge on any atom is -0.380 e. The molecular formula is C12H21NO4S. The van der Waals surface area contributed by atoms with Crippen molar-refractivity contribution in [2.45, 2.75) is 49.9 Å². The maximum Gasteiger partial charge on any atom is 0.252 e. The number of nitrogens with one attached hydrogen (secondary N) is 1. The van der Waals surface area contributed by atoms with E-state index in [0.29, 0.717) is 12.8 Å². The molecule has 0 aromatic rings. The standard InChI is InChI=1S/C12H21NO4S/c1-12(15,9-5-6-9)11(14)13-8-10-4-2-3-7-18(10,16)17/h9-10,15H,2-8H2,1H3,(H,13,14). The maximum absolute atomic E-state index is 11.8. The largest absolute Gasteiger partial charge is 0.380 e. The van der Waals surface area contributed by atoms with Gasteiger partial charge in [0.25, 0.3) is 5.91 Å². The lowest BCUT2D eigenvalue weighted by molar-refractivity contribution is -0.140. The minimum absolute atomic E-state index is 0.0282. The van der Waals surface area contributed by atoms with Gasteiger partial charge in [0.1, 0.15) is 5.60 Å². The average molecular weight is 275 g/mol. The molecule has 18 heavy (non-hydrogen) atoms. The molecule has 2 N–H and O–H groups in total. The predicted molar refractivity (Wildman–Crippen MR) is 67.8 cm³/mol. The third-order valence-electron chi connectivity index (χ3n) is 4.04. The molecule has 0 aromatic heterocycles. The van der Waals surface area contributed by atoms with Crippen molar-refractivity contribution in [2.75, 3.05) is 12.3 Å². The summed E-state index contributed by atoms with van der Waals surface area (Å²) in [6.07, 6.45) is 3.93. The highest BCUT2D eigenvalue weighted by atomic mass is 32.2. The van der Waals surface area contributed by atoms with Crippen molar-refractivity contribution in [1.29, 1.82) is 0 Å². The molecule has 2 fully saturated rings. The lowest BCUT2D eigenvalue weighted by Gasteiger charge is -2.26. The number of amides is 1. The van der Waals surface area contributed by atoms with Gasteiger partial charge in [-0.1, -0.05) is 6.42 Å². The minimum atomic E-state index is -3.07. The van der Waals surface area contributed by atoms with Gasteiger partial charge >= 0.3 is 0 Å². The molecule has 0 aromatic carbocycles. The summed E-state index contributed by atoms with van der Waals surface area (Å²) in [6.45, 7) is 1.64. The van der Waals surface area contributed by atoms with Crippen LogP contribution in [0.2, 0.25) is 0 Å². The molecule has 1 saturated carbocycles. The molecule has 1 saturated heterocycles. The van der Waals surface area contributed by atoms with Crippen LogP contribution < -0.4 is 5.32 Å². The first-order chi connectivity index (χ1) is 8.34. The van der Waals surface area contributed by atoms with Gasteiger partial charge in [0.15, 0.2) is 9.84 Å². The van der Waals surface area contributed by atoms with Crippen LogP contribution in [0.3, 0.4) is 0 Å². The van der Waals surface area contributed by atoms with Crippen LogP contribution in [0.1, 0.15) is 39.0 Å². The Bertz CT molecular complexity index is 425. The zero-order chi connectivity index (χ0) is 13.4. The van der Waals surface area contributed by atoms with E-state index in [2.05, 4.69) is 5.32 Å². The van der Waals surface area contributed by atoms with Gasteiger partial charge in [-0.15, -0.1) is 0 Å². The summed E-state index contributed by atoms with van der Waals surface area (Å²) < 4.78 is 23.6. The topological polar surface area (TPSA) is 83.5 Å². The second kappa shape index (κ2) is 4.81. The van der Waals surface area contributed by atoms with E-state index in [1.807, 2.05) is 0 Å². The van der Waals surface area contributed by atoms with Gasteiger partial charge in [0.2, 0.25) is 0 Å². The second-order valence-corrected chi connectivity index (χ2v) is 8.02. The van der Waals surface area contributed by atoms with Crippen LogP contribution in [-0.4, -0.2) is 42.6 Å². The molecule has 1 heterocycles. The smallest absolute Gasteiger partial charge is 0.252 e. The zero-order valence-corrected chi connectivity index (χ0v) is 11.5. The van der Waals surface area contributed by atoms with E-state index >= 15 is 0 Å². The molecule has 2 aliphatic rings. The van der Waals surface area contributed by atoms with Crippen LogP contribution in [0.15, 0.2) is 0 Å². The van der Waals surface area contributed by atoms with Crippen molar-refractivity contribution in [3.05, 3.63) is 0 Å². The van der Waals surface area contributed by atoms with Crippen molar-refractivity contribution in [1.82, 2.24) is 5.32 Å². The highest BCUT2D eigenvalue weighted by Crippen LogP contribution is 2.39.